The highest BCUT2D eigenvalue weighted by molar-refractivity contribution is 4.96. The molecule has 1 aliphatic carbocycles. The maximum atomic E-state index is 6.03. The van der Waals surface area contributed by atoms with E-state index in [1.807, 2.05) is 0 Å². The number of hydrogen-bond donors (Lipinski definition) is 3. The van der Waals surface area contributed by atoms with Gasteiger partial charge in [-0.15, -0.1) is 0 Å². The molecule has 0 spiro atoms. The SMILES string of the molecule is NC1CN2C(CNCC2C2CCCC2)CN1. The molecule has 2 heterocycles. The average molecular weight is 224 g/mol. The molecule has 3 rings (SSSR count). The Labute approximate surface area is 97.9 Å². The number of nitrogens with one attached hydrogen (secondary N) is 2. The minimum Gasteiger partial charge on any atom is -0.315 e. The number of fused-ring (bicyclic) bond motifs is 1. The van der Waals surface area contributed by atoms with Crippen LogP contribution >= 0.6 is 0 Å². The highest BCUT2D eigenvalue weighted by Crippen LogP contribution is 2.32. The summed E-state index contributed by atoms with van der Waals surface area (Å²) in [6, 6.07) is 1.41. The molecule has 4 heteroatoms. The Balaban J connectivity index is 1.71. The molecular weight excluding hydrogens is 200 g/mol. The van der Waals surface area contributed by atoms with Crippen LogP contribution in [-0.2, 0) is 0 Å². The number of rotatable bonds is 1. The van der Waals surface area contributed by atoms with E-state index in [-0.39, 0.29) is 6.17 Å². The van der Waals surface area contributed by atoms with E-state index in [9.17, 15) is 0 Å². The van der Waals surface area contributed by atoms with Crippen molar-refractivity contribution >= 4 is 0 Å². The highest BCUT2D eigenvalue weighted by Gasteiger charge is 2.38. The Hall–Kier alpha value is -0.160. The molecule has 0 amide bonds. The molecule has 1 saturated carbocycles. The molecular formula is C12H24N4. The van der Waals surface area contributed by atoms with E-state index in [2.05, 4.69) is 15.5 Å². The fraction of sp³-hybridized carbons (Fsp3) is 1.00. The van der Waals surface area contributed by atoms with Crippen molar-refractivity contribution in [3.05, 3.63) is 0 Å². The molecule has 0 aromatic heterocycles. The van der Waals surface area contributed by atoms with Crippen molar-refractivity contribution < 1.29 is 0 Å². The van der Waals surface area contributed by atoms with Gasteiger partial charge in [-0.25, -0.2) is 0 Å². The molecule has 4 nitrogen and oxygen atoms in total. The van der Waals surface area contributed by atoms with Crippen molar-refractivity contribution in [2.75, 3.05) is 26.2 Å². The topological polar surface area (TPSA) is 53.3 Å². The minimum absolute atomic E-state index is 0.179. The van der Waals surface area contributed by atoms with Gasteiger partial charge in [0.15, 0.2) is 0 Å². The maximum Gasteiger partial charge on any atom is 0.0678 e. The molecule has 0 aromatic rings. The summed E-state index contributed by atoms with van der Waals surface area (Å²) in [7, 11) is 0. The molecule has 0 radical (unpaired) electrons. The number of piperazine rings is 2. The van der Waals surface area contributed by atoms with Crippen LogP contribution in [-0.4, -0.2) is 49.3 Å². The Morgan fingerprint density at radius 2 is 1.88 bits per heavy atom. The Morgan fingerprint density at radius 1 is 1.06 bits per heavy atom. The second kappa shape index (κ2) is 4.61. The number of nitrogens with two attached hydrogens (primary N) is 1. The molecule has 3 unspecified atom stereocenters. The lowest BCUT2D eigenvalue weighted by Crippen LogP contribution is -2.69. The van der Waals surface area contributed by atoms with Crippen molar-refractivity contribution in [3.8, 4) is 0 Å². The van der Waals surface area contributed by atoms with E-state index >= 15 is 0 Å². The molecule has 3 atom stereocenters. The summed E-state index contributed by atoms with van der Waals surface area (Å²) in [6.07, 6.45) is 5.91. The minimum atomic E-state index is 0.179. The van der Waals surface area contributed by atoms with E-state index in [1.165, 1.54) is 32.2 Å². The van der Waals surface area contributed by atoms with Crippen LogP contribution < -0.4 is 16.4 Å². The van der Waals surface area contributed by atoms with Crippen LogP contribution in [0.4, 0.5) is 0 Å². The third-order valence-corrected chi connectivity index (χ3v) is 4.60. The van der Waals surface area contributed by atoms with Crippen molar-refractivity contribution in [3.63, 3.8) is 0 Å². The molecule has 3 aliphatic rings. The summed E-state index contributed by atoms with van der Waals surface area (Å²) < 4.78 is 0. The van der Waals surface area contributed by atoms with Gasteiger partial charge in [0, 0.05) is 38.3 Å². The van der Waals surface area contributed by atoms with Crippen LogP contribution in [0.2, 0.25) is 0 Å². The zero-order valence-electron chi connectivity index (χ0n) is 9.99. The molecule has 16 heavy (non-hydrogen) atoms. The smallest absolute Gasteiger partial charge is 0.0678 e. The first-order chi connectivity index (χ1) is 7.84. The first kappa shape index (κ1) is 11.0. The van der Waals surface area contributed by atoms with Gasteiger partial charge >= 0.3 is 0 Å². The largest absolute Gasteiger partial charge is 0.315 e. The number of nitrogens with zero attached hydrogens (tertiary/aromatic N) is 1. The van der Waals surface area contributed by atoms with E-state index in [4.69, 9.17) is 5.73 Å². The molecule has 3 fully saturated rings. The summed E-state index contributed by atoms with van der Waals surface area (Å²) in [5.41, 5.74) is 6.03. The van der Waals surface area contributed by atoms with Gasteiger partial charge in [0.25, 0.3) is 0 Å². The Morgan fingerprint density at radius 3 is 2.69 bits per heavy atom. The van der Waals surface area contributed by atoms with Gasteiger partial charge in [-0.05, 0) is 18.8 Å². The van der Waals surface area contributed by atoms with Crippen molar-refractivity contribution in [1.29, 1.82) is 0 Å². The standard InChI is InChI=1S/C12H24N4/c13-12-8-16-10(6-15-12)5-14-7-11(16)9-3-1-2-4-9/h9-12,14-15H,1-8,13H2. The van der Waals surface area contributed by atoms with Crippen LogP contribution in [0.5, 0.6) is 0 Å². The zero-order chi connectivity index (χ0) is 11.0. The summed E-state index contributed by atoms with van der Waals surface area (Å²) in [5, 5.41) is 6.99. The third kappa shape index (κ3) is 1.99. The molecule has 2 saturated heterocycles. The lowest BCUT2D eigenvalue weighted by atomic mass is 9.92. The third-order valence-electron chi connectivity index (χ3n) is 4.60. The van der Waals surface area contributed by atoms with Gasteiger partial charge in [0.1, 0.15) is 0 Å². The van der Waals surface area contributed by atoms with E-state index in [1.54, 1.807) is 0 Å². The predicted octanol–water partition coefficient (Wildman–Crippen LogP) is -0.293. The van der Waals surface area contributed by atoms with Gasteiger partial charge in [-0.2, -0.15) is 0 Å². The molecule has 2 aliphatic heterocycles. The number of hydrogen-bond acceptors (Lipinski definition) is 4. The summed E-state index contributed by atoms with van der Waals surface area (Å²) in [4.78, 5) is 2.69. The monoisotopic (exact) mass is 224 g/mol. The fourth-order valence-corrected chi connectivity index (χ4v) is 3.74. The van der Waals surface area contributed by atoms with Crippen LogP contribution in [0.25, 0.3) is 0 Å². The quantitative estimate of drug-likeness (QED) is 0.573. The van der Waals surface area contributed by atoms with E-state index in [0.29, 0.717) is 6.04 Å². The lowest BCUT2D eigenvalue weighted by molar-refractivity contribution is 0.0279. The molecule has 0 aromatic carbocycles. The summed E-state index contributed by atoms with van der Waals surface area (Å²) >= 11 is 0. The molecule has 92 valence electrons. The summed E-state index contributed by atoms with van der Waals surface area (Å²) in [5.74, 6) is 0.917. The van der Waals surface area contributed by atoms with Crippen LogP contribution in [0.1, 0.15) is 25.7 Å². The fourth-order valence-electron chi connectivity index (χ4n) is 3.74. The van der Waals surface area contributed by atoms with E-state index in [0.717, 1.165) is 31.6 Å². The maximum absolute atomic E-state index is 6.03. The van der Waals surface area contributed by atoms with Gasteiger partial charge in [0.05, 0.1) is 6.17 Å². The van der Waals surface area contributed by atoms with Crippen molar-refractivity contribution in [2.24, 2.45) is 11.7 Å². The average Bonchev–Trinajstić information content (AvgIpc) is 2.81. The van der Waals surface area contributed by atoms with Gasteiger partial charge < -0.3 is 11.1 Å². The zero-order valence-corrected chi connectivity index (χ0v) is 9.99. The second-order valence-electron chi connectivity index (χ2n) is 5.64. The second-order valence-corrected chi connectivity index (χ2v) is 5.64. The first-order valence-electron chi connectivity index (χ1n) is 6.80. The van der Waals surface area contributed by atoms with Crippen LogP contribution in [0, 0.1) is 5.92 Å². The van der Waals surface area contributed by atoms with Crippen molar-refractivity contribution in [2.45, 2.75) is 43.9 Å². The first-order valence-corrected chi connectivity index (χ1v) is 6.80. The van der Waals surface area contributed by atoms with E-state index < -0.39 is 0 Å². The summed E-state index contributed by atoms with van der Waals surface area (Å²) in [6.45, 7) is 4.39. The van der Waals surface area contributed by atoms with Crippen LogP contribution in [0.3, 0.4) is 0 Å². The van der Waals surface area contributed by atoms with Gasteiger partial charge in [-0.1, -0.05) is 12.8 Å². The Kier molecular flexibility index (Phi) is 3.16. The van der Waals surface area contributed by atoms with Gasteiger partial charge in [0.2, 0.25) is 0 Å². The predicted molar refractivity (Wildman–Crippen MR) is 65.1 cm³/mol. The molecule has 4 N–H and O–H groups in total. The lowest BCUT2D eigenvalue weighted by Gasteiger charge is -2.49. The Bertz CT molecular complexity index is 237. The molecule has 0 bridgehead atoms. The highest BCUT2D eigenvalue weighted by atomic mass is 15.3. The van der Waals surface area contributed by atoms with Crippen LogP contribution in [0.15, 0.2) is 0 Å². The van der Waals surface area contributed by atoms with Crippen molar-refractivity contribution in [1.82, 2.24) is 15.5 Å². The van der Waals surface area contributed by atoms with Gasteiger partial charge in [-0.3, -0.25) is 10.2 Å². The normalized spacial score (nSPS) is 42.2.